The van der Waals surface area contributed by atoms with Crippen LogP contribution in [0.2, 0.25) is 0 Å². The Labute approximate surface area is 133 Å². The predicted octanol–water partition coefficient (Wildman–Crippen LogP) is 2.01. The summed E-state index contributed by atoms with van der Waals surface area (Å²) in [6.45, 7) is 0.474. The van der Waals surface area contributed by atoms with Gasteiger partial charge in [-0.25, -0.2) is 4.98 Å². The fourth-order valence-electron chi connectivity index (χ4n) is 1.87. The van der Waals surface area contributed by atoms with Crippen LogP contribution in [-0.2, 0) is 11.8 Å². The Balaban J connectivity index is 2.15. The first-order valence-electron chi connectivity index (χ1n) is 6.61. The molecule has 1 N–H and O–H groups in total. The Hall–Kier alpha value is -2.03. The van der Waals surface area contributed by atoms with Gasteiger partial charge in [-0.05, 0) is 19.1 Å². The maximum Gasteiger partial charge on any atom is 0.405 e. The number of hydrogen-bond donors (Lipinski definition) is 1. The Morgan fingerprint density at radius 2 is 2.09 bits per heavy atom. The molecule has 23 heavy (non-hydrogen) atoms. The molecular formula is C14H14F3N3O2S. The SMILES string of the molecule is Cc1ccc2nc(SCC(=O)NCC(F)(F)F)n(C)c(=O)c2c1. The quantitative estimate of drug-likeness (QED) is 0.680. The Kier molecular flexibility index (Phi) is 4.98. The van der Waals surface area contributed by atoms with E-state index in [1.54, 1.807) is 23.5 Å². The van der Waals surface area contributed by atoms with E-state index in [9.17, 15) is 22.8 Å². The number of rotatable bonds is 4. The number of nitrogens with zero attached hydrogens (tertiary/aromatic N) is 2. The van der Waals surface area contributed by atoms with Crippen LogP contribution in [-0.4, -0.2) is 33.9 Å². The van der Waals surface area contributed by atoms with E-state index in [1.165, 1.54) is 11.6 Å². The second kappa shape index (κ2) is 6.61. The molecule has 9 heteroatoms. The highest BCUT2D eigenvalue weighted by molar-refractivity contribution is 7.99. The summed E-state index contributed by atoms with van der Waals surface area (Å²) in [7, 11) is 1.51. The number of nitrogens with one attached hydrogen (secondary N) is 1. The smallest absolute Gasteiger partial charge is 0.346 e. The molecule has 1 aromatic carbocycles. The highest BCUT2D eigenvalue weighted by atomic mass is 32.2. The third kappa shape index (κ3) is 4.47. The van der Waals surface area contributed by atoms with Crippen molar-refractivity contribution in [2.24, 2.45) is 7.05 Å². The second-order valence-electron chi connectivity index (χ2n) is 4.96. The lowest BCUT2D eigenvalue weighted by Crippen LogP contribution is -2.34. The molecule has 2 aromatic rings. The highest BCUT2D eigenvalue weighted by Gasteiger charge is 2.27. The first-order valence-corrected chi connectivity index (χ1v) is 7.59. The molecule has 0 fully saturated rings. The molecule has 1 amide bonds. The van der Waals surface area contributed by atoms with Crippen LogP contribution in [0.3, 0.4) is 0 Å². The van der Waals surface area contributed by atoms with Gasteiger partial charge in [0.15, 0.2) is 5.16 Å². The maximum atomic E-state index is 12.3. The molecule has 0 saturated heterocycles. The minimum absolute atomic E-state index is 0.256. The van der Waals surface area contributed by atoms with E-state index in [-0.39, 0.29) is 16.5 Å². The van der Waals surface area contributed by atoms with E-state index in [2.05, 4.69) is 4.98 Å². The summed E-state index contributed by atoms with van der Waals surface area (Å²) >= 11 is 0.911. The average Bonchev–Trinajstić information content (AvgIpc) is 2.47. The Morgan fingerprint density at radius 1 is 1.39 bits per heavy atom. The van der Waals surface area contributed by atoms with Crippen LogP contribution in [0.5, 0.6) is 0 Å². The fraction of sp³-hybridized carbons (Fsp3) is 0.357. The number of aryl methyl sites for hydroxylation is 1. The average molecular weight is 345 g/mol. The van der Waals surface area contributed by atoms with E-state index < -0.39 is 18.6 Å². The van der Waals surface area contributed by atoms with Crippen molar-refractivity contribution in [3.05, 3.63) is 34.1 Å². The number of alkyl halides is 3. The molecule has 0 radical (unpaired) electrons. The zero-order chi connectivity index (χ0) is 17.2. The lowest BCUT2D eigenvalue weighted by atomic mass is 10.2. The molecule has 5 nitrogen and oxygen atoms in total. The third-order valence-electron chi connectivity index (χ3n) is 3.01. The molecule has 0 aliphatic carbocycles. The van der Waals surface area contributed by atoms with Crippen LogP contribution in [0, 0.1) is 6.92 Å². The van der Waals surface area contributed by atoms with Crippen molar-refractivity contribution >= 4 is 28.6 Å². The first kappa shape index (κ1) is 17.3. The Morgan fingerprint density at radius 3 is 2.74 bits per heavy atom. The van der Waals surface area contributed by atoms with E-state index in [1.807, 2.05) is 6.92 Å². The number of carbonyl (C=O) groups excluding carboxylic acids is 1. The summed E-state index contributed by atoms with van der Waals surface area (Å²) < 4.78 is 37.4. The molecule has 2 rings (SSSR count). The number of fused-ring (bicyclic) bond motifs is 1. The van der Waals surface area contributed by atoms with Gasteiger partial charge in [0.2, 0.25) is 5.91 Å². The first-order chi connectivity index (χ1) is 10.7. The topological polar surface area (TPSA) is 64.0 Å². The fourth-order valence-corrected chi connectivity index (χ4v) is 2.68. The lowest BCUT2D eigenvalue weighted by Gasteiger charge is -2.10. The van der Waals surface area contributed by atoms with Gasteiger partial charge in [0.1, 0.15) is 6.54 Å². The molecule has 1 aromatic heterocycles. The summed E-state index contributed by atoms with van der Waals surface area (Å²) in [5.74, 6) is -1.03. The maximum absolute atomic E-state index is 12.3. The normalized spacial score (nSPS) is 11.7. The van der Waals surface area contributed by atoms with Gasteiger partial charge in [0.25, 0.3) is 5.56 Å². The van der Waals surface area contributed by atoms with Gasteiger partial charge in [-0.2, -0.15) is 13.2 Å². The van der Waals surface area contributed by atoms with Crippen LogP contribution < -0.4 is 10.9 Å². The van der Waals surface area contributed by atoms with Crippen molar-refractivity contribution < 1.29 is 18.0 Å². The van der Waals surface area contributed by atoms with Crippen LogP contribution in [0.25, 0.3) is 10.9 Å². The second-order valence-corrected chi connectivity index (χ2v) is 5.90. The minimum Gasteiger partial charge on any atom is -0.346 e. The van der Waals surface area contributed by atoms with E-state index >= 15 is 0 Å². The molecule has 124 valence electrons. The van der Waals surface area contributed by atoms with Crippen molar-refractivity contribution in [3.8, 4) is 0 Å². The van der Waals surface area contributed by atoms with E-state index in [4.69, 9.17) is 0 Å². The predicted molar refractivity (Wildman–Crippen MR) is 81.5 cm³/mol. The number of halogens is 3. The van der Waals surface area contributed by atoms with Crippen molar-refractivity contribution in [2.75, 3.05) is 12.3 Å². The number of benzene rings is 1. The standard InChI is InChI=1S/C14H14F3N3O2S/c1-8-3-4-10-9(5-8)12(22)20(2)13(19-10)23-6-11(21)18-7-14(15,16)17/h3-5H,6-7H2,1-2H3,(H,18,21). The molecule has 0 saturated carbocycles. The summed E-state index contributed by atoms with van der Waals surface area (Å²) in [6, 6.07) is 5.22. The molecule has 1 heterocycles. The zero-order valence-corrected chi connectivity index (χ0v) is 13.2. The summed E-state index contributed by atoms with van der Waals surface area (Å²) in [6.07, 6.45) is -4.45. The van der Waals surface area contributed by atoms with Crippen molar-refractivity contribution in [1.82, 2.24) is 14.9 Å². The summed E-state index contributed by atoms with van der Waals surface area (Å²) in [4.78, 5) is 28.0. The number of aromatic nitrogens is 2. The molecule has 0 bridgehead atoms. The van der Waals surface area contributed by atoms with E-state index in [0.29, 0.717) is 10.9 Å². The van der Waals surface area contributed by atoms with Crippen LogP contribution in [0.15, 0.2) is 28.2 Å². The number of hydrogen-bond acceptors (Lipinski definition) is 4. The minimum atomic E-state index is -4.45. The summed E-state index contributed by atoms with van der Waals surface area (Å²) in [5.41, 5.74) is 1.14. The van der Waals surface area contributed by atoms with Crippen LogP contribution in [0.1, 0.15) is 5.56 Å². The molecule has 0 aliphatic heterocycles. The van der Waals surface area contributed by atoms with E-state index in [0.717, 1.165) is 17.3 Å². The molecule has 0 unspecified atom stereocenters. The van der Waals surface area contributed by atoms with Gasteiger partial charge in [-0.1, -0.05) is 23.4 Å². The Bertz CT molecular complexity index is 802. The number of amides is 1. The van der Waals surface area contributed by atoms with Crippen molar-refractivity contribution in [2.45, 2.75) is 18.3 Å². The largest absolute Gasteiger partial charge is 0.405 e. The molecule has 0 spiro atoms. The van der Waals surface area contributed by atoms with Crippen LogP contribution >= 0.6 is 11.8 Å². The van der Waals surface area contributed by atoms with Gasteiger partial charge in [0.05, 0.1) is 16.7 Å². The third-order valence-corrected chi connectivity index (χ3v) is 4.04. The molecule has 0 atom stereocenters. The van der Waals surface area contributed by atoms with Gasteiger partial charge in [-0.3, -0.25) is 14.2 Å². The zero-order valence-electron chi connectivity index (χ0n) is 12.4. The number of carbonyl (C=O) groups is 1. The van der Waals surface area contributed by atoms with Gasteiger partial charge >= 0.3 is 6.18 Å². The van der Waals surface area contributed by atoms with Crippen molar-refractivity contribution in [1.29, 1.82) is 0 Å². The van der Waals surface area contributed by atoms with Crippen LogP contribution in [0.4, 0.5) is 13.2 Å². The number of thioether (sulfide) groups is 1. The van der Waals surface area contributed by atoms with Gasteiger partial charge < -0.3 is 5.32 Å². The van der Waals surface area contributed by atoms with Crippen molar-refractivity contribution in [3.63, 3.8) is 0 Å². The monoisotopic (exact) mass is 345 g/mol. The summed E-state index contributed by atoms with van der Waals surface area (Å²) in [5, 5.41) is 2.50. The molecular weight excluding hydrogens is 331 g/mol. The lowest BCUT2D eigenvalue weighted by molar-refractivity contribution is -0.136. The highest BCUT2D eigenvalue weighted by Crippen LogP contribution is 2.18. The van der Waals surface area contributed by atoms with Gasteiger partial charge in [0, 0.05) is 7.05 Å². The van der Waals surface area contributed by atoms with Gasteiger partial charge in [-0.15, -0.1) is 0 Å². The molecule has 0 aliphatic rings.